The summed E-state index contributed by atoms with van der Waals surface area (Å²) >= 11 is 0. The molecule has 7 nitrogen and oxygen atoms in total. The Morgan fingerprint density at radius 3 is 2.69 bits per heavy atom. The number of aryl methyl sites for hydroxylation is 1. The molecular formula is C22H29N3O4. The maximum atomic E-state index is 12.6. The maximum Gasteiger partial charge on any atom is 0.246 e. The molecule has 1 saturated heterocycles. The Morgan fingerprint density at radius 1 is 1.21 bits per heavy atom. The molecule has 0 radical (unpaired) electrons. The van der Waals surface area contributed by atoms with Crippen LogP contribution in [0.2, 0.25) is 0 Å². The Hall–Kier alpha value is -2.64. The lowest BCUT2D eigenvalue weighted by molar-refractivity contribution is -0.128. The number of para-hydroxylation sites is 1. The van der Waals surface area contributed by atoms with Gasteiger partial charge in [0.05, 0.1) is 13.2 Å². The number of rotatable bonds is 8. The number of benzene rings is 1. The summed E-state index contributed by atoms with van der Waals surface area (Å²) in [5, 5.41) is 3.85. The molecule has 2 amide bonds. The Balaban J connectivity index is 1.53. The van der Waals surface area contributed by atoms with Crippen molar-refractivity contribution < 1.29 is 18.7 Å². The van der Waals surface area contributed by atoms with Crippen LogP contribution < -0.4 is 5.32 Å². The molecule has 156 valence electrons. The molecule has 1 aliphatic rings. The number of furan rings is 1. The molecule has 1 aromatic heterocycles. The van der Waals surface area contributed by atoms with Crippen LogP contribution in [0.5, 0.6) is 0 Å². The van der Waals surface area contributed by atoms with Crippen LogP contribution in [0.1, 0.15) is 18.2 Å². The Labute approximate surface area is 171 Å². The highest BCUT2D eigenvalue weighted by molar-refractivity contribution is 5.96. The summed E-state index contributed by atoms with van der Waals surface area (Å²) in [6, 6.07) is 7.87. The van der Waals surface area contributed by atoms with Gasteiger partial charge in [0.1, 0.15) is 11.3 Å². The third kappa shape index (κ3) is 5.46. The Kier molecular flexibility index (Phi) is 7.43. The molecule has 1 aliphatic heterocycles. The molecule has 0 atom stereocenters. The molecule has 0 bridgehead atoms. The molecular weight excluding hydrogens is 370 g/mol. The first-order valence-electron chi connectivity index (χ1n) is 10.1. The average Bonchev–Trinajstić information content (AvgIpc) is 3.10. The fourth-order valence-electron chi connectivity index (χ4n) is 3.50. The number of fused-ring (bicyclic) bond motifs is 1. The fraction of sp³-hybridized carbons (Fsp3) is 0.455. The minimum absolute atomic E-state index is 0.0125. The van der Waals surface area contributed by atoms with E-state index in [2.05, 4.69) is 10.2 Å². The standard InChI is InChI=1S/C22H29N3O4/c1-3-19-18(17-6-4-5-7-20(17)29-19)8-9-22(27)25-13-11-24(12-14-25)16-21(26)23-10-15-28-2/h4-9H,3,10-16H2,1-2H3,(H,23,26). The number of nitrogens with zero attached hydrogens (tertiary/aromatic N) is 2. The predicted molar refractivity (Wildman–Crippen MR) is 113 cm³/mol. The van der Waals surface area contributed by atoms with Crippen molar-refractivity contribution in [2.75, 3.05) is 53.0 Å². The number of hydrogen-bond donors (Lipinski definition) is 1. The number of amides is 2. The van der Waals surface area contributed by atoms with E-state index in [-0.39, 0.29) is 11.8 Å². The van der Waals surface area contributed by atoms with Gasteiger partial charge in [-0.1, -0.05) is 25.1 Å². The van der Waals surface area contributed by atoms with Crippen molar-refractivity contribution in [3.63, 3.8) is 0 Å². The van der Waals surface area contributed by atoms with E-state index in [9.17, 15) is 9.59 Å². The van der Waals surface area contributed by atoms with Gasteiger partial charge in [0.2, 0.25) is 11.8 Å². The number of nitrogens with one attached hydrogen (secondary N) is 1. The molecule has 0 aliphatic carbocycles. The van der Waals surface area contributed by atoms with Crippen LogP contribution in [0, 0.1) is 0 Å². The molecule has 1 aromatic carbocycles. The molecule has 0 spiro atoms. The van der Waals surface area contributed by atoms with Gasteiger partial charge in [0, 0.05) is 63.3 Å². The lowest BCUT2D eigenvalue weighted by Gasteiger charge is -2.33. The van der Waals surface area contributed by atoms with Crippen LogP contribution in [0.3, 0.4) is 0 Å². The number of carbonyl (C=O) groups is 2. The molecule has 2 aromatic rings. The quantitative estimate of drug-likeness (QED) is 0.542. The van der Waals surface area contributed by atoms with Crippen molar-refractivity contribution in [2.24, 2.45) is 0 Å². The third-order valence-electron chi connectivity index (χ3n) is 5.10. The second-order valence-corrected chi connectivity index (χ2v) is 7.07. The van der Waals surface area contributed by atoms with Gasteiger partial charge in [0.15, 0.2) is 0 Å². The second kappa shape index (κ2) is 10.2. The van der Waals surface area contributed by atoms with Crippen molar-refractivity contribution in [1.82, 2.24) is 15.1 Å². The summed E-state index contributed by atoms with van der Waals surface area (Å²) in [7, 11) is 1.61. The number of methoxy groups -OCH3 is 1. The predicted octanol–water partition coefficient (Wildman–Crippen LogP) is 1.92. The molecule has 3 rings (SSSR count). The zero-order valence-electron chi connectivity index (χ0n) is 17.1. The van der Waals surface area contributed by atoms with E-state index in [1.807, 2.05) is 42.2 Å². The number of ether oxygens (including phenoxy) is 1. The van der Waals surface area contributed by atoms with E-state index in [1.165, 1.54) is 0 Å². The summed E-state index contributed by atoms with van der Waals surface area (Å²) in [6.45, 7) is 6.01. The summed E-state index contributed by atoms with van der Waals surface area (Å²) in [4.78, 5) is 28.4. The van der Waals surface area contributed by atoms with Gasteiger partial charge in [-0.15, -0.1) is 0 Å². The zero-order chi connectivity index (χ0) is 20.6. The number of carbonyl (C=O) groups excluding carboxylic acids is 2. The average molecular weight is 399 g/mol. The SMILES string of the molecule is CCc1oc2ccccc2c1C=CC(=O)N1CCN(CC(=O)NCCOC)CC1. The third-order valence-corrected chi connectivity index (χ3v) is 5.10. The molecule has 7 heteroatoms. The van der Waals surface area contributed by atoms with Crippen molar-refractivity contribution in [3.05, 3.63) is 41.7 Å². The molecule has 29 heavy (non-hydrogen) atoms. The van der Waals surface area contributed by atoms with Crippen molar-refractivity contribution in [3.8, 4) is 0 Å². The lowest BCUT2D eigenvalue weighted by Crippen LogP contribution is -2.51. The Morgan fingerprint density at radius 2 is 1.97 bits per heavy atom. The van der Waals surface area contributed by atoms with Crippen LogP contribution >= 0.6 is 0 Å². The van der Waals surface area contributed by atoms with Crippen LogP contribution in [-0.2, 0) is 20.7 Å². The molecule has 2 heterocycles. The van der Waals surface area contributed by atoms with Gasteiger partial charge in [-0.05, 0) is 12.1 Å². The van der Waals surface area contributed by atoms with Gasteiger partial charge >= 0.3 is 0 Å². The zero-order valence-corrected chi connectivity index (χ0v) is 17.1. The van der Waals surface area contributed by atoms with E-state index < -0.39 is 0 Å². The van der Waals surface area contributed by atoms with Gasteiger partial charge in [-0.25, -0.2) is 0 Å². The summed E-state index contributed by atoms with van der Waals surface area (Å²) in [5.41, 5.74) is 1.82. The summed E-state index contributed by atoms with van der Waals surface area (Å²) < 4.78 is 10.8. The number of piperazine rings is 1. The van der Waals surface area contributed by atoms with Crippen molar-refractivity contribution in [2.45, 2.75) is 13.3 Å². The van der Waals surface area contributed by atoms with Crippen LogP contribution in [0.25, 0.3) is 17.0 Å². The summed E-state index contributed by atoms with van der Waals surface area (Å²) in [5.74, 6) is 0.863. The van der Waals surface area contributed by atoms with Crippen LogP contribution in [0.15, 0.2) is 34.8 Å². The van der Waals surface area contributed by atoms with E-state index in [0.29, 0.717) is 45.9 Å². The highest BCUT2D eigenvalue weighted by Crippen LogP contribution is 2.27. The van der Waals surface area contributed by atoms with Crippen molar-refractivity contribution in [1.29, 1.82) is 0 Å². The van der Waals surface area contributed by atoms with Crippen LogP contribution in [0.4, 0.5) is 0 Å². The van der Waals surface area contributed by atoms with E-state index >= 15 is 0 Å². The normalized spacial score (nSPS) is 15.3. The molecule has 0 unspecified atom stereocenters. The monoisotopic (exact) mass is 399 g/mol. The topological polar surface area (TPSA) is 75.0 Å². The van der Waals surface area contributed by atoms with Gasteiger partial charge < -0.3 is 19.4 Å². The minimum Gasteiger partial charge on any atom is -0.460 e. The fourth-order valence-corrected chi connectivity index (χ4v) is 3.50. The van der Waals surface area contributed by atoms with Crippen LogP contribution in [-0.4, -0.2) is 74.6 Å². The van der Waals surface area contributed by atoms with E-state index in [0.717, 1.165) is 28.7 Å². The number of hydrogen-bond acceptors (Lipinski definition) is 5. The highest BCUT2D eigenvalue weighted by Gasteiger charge is 2.21. The first-order chi connectivity index (χ1) is 14.1. The maximum absolute atomic E-state index is 12.6. The summed E-state index contributed by atoms with van der Waals surface area (Å²) in [6.07, 6.45) is 4.26. The second-order valence-electron chi connectivity index (χ2n) is 7.07. The van der Waals surface area contributed by atoms with E-state index in [1.54, 1.807) is 13.2 Å². The largest absolute Gasteiger partial charge is 0.460 e. The highest BCUT2D eigenvalue weighted by atomic mass is 16.5. The van der Waals surface area contributed by atoms with Crippen molar-refractivity contribution >= 4 is 28.9 Å². The lowest BCUT2D eigenvalue weighted by atomic mass is 10.1. The van der Waals surface area contributed by atoms with Gasteiger partial charge in [-0.2, -0.15) is 0 Å². The van der Waals surface area contributed by atoms with Gasteiger partial charge in [-0.3, -0.25) is 14.5 Å². The molecule has 1 N–H and O–H groups in total. The first kappa shape index (κ1) is 21.1. The smallest absolute Gasteiger partial charge is 0.246 e. The molecule has 0 saturated carbocycles. The van der Waals surface area contributed by atoms with Gasteiger partial charge in [0.25, 0.3) is 0 Å². The minimum atomic E-state index is -0.0133. The first-order valence-corrected chi connectivity index (χ1v) is 10.1. The van der Waals surface area contributed by atoms with E-state index in [4.69, 9.17) is 9.15 Å². The molecule has 1 fully saturated rings. The Bertz CT molecular complexity index is 866.